The van der Waals surface area contributed by atoms with E-state index in [0.717, 1.165) is 17.7 Å². The number of benzene rings is 1. The Bertz CT molecular complexity index is 1120. The van der Waals surface area contributed by atoms with Crippen molar-refractivity contribution < 1.29 is 14.7 Å². The number of thiazole rings is 1. The molecule has 1 aromatic carbocycles. The molecule has 3 saturated carbocycles. The van der Waals surface area contributed by atoms with Crippen molar-refractivity contribution in [3.63, 3.8) is 0 Å². The molecule has 3 aliphatic carbocycles. The topological polar surface area (TPSA) is 79.3 Å². The fraction of sp³-hybridized carbons (Fsp3) is 0.633. The molecule has 2 N–H and O–H groups in total. The Morgan fingerprint density at radius 2 is 1.81 bits per heavy atom. The summed E-state index contributed by atoms with van der Waals surface area (Å²) in [7, 11) is 0. The third kappa shape index (κ3) is 5.39. The molecule has 0 unspecified atom stereocenters. The quantitative estimate of drug-likeness (QED) is 0.427. The summed E-state index contributed by atoms with van der Waals surface area (Å²) >= 11 is 1.54. The van der Waals surface area contributed by atoms with Crippen LogP contribution < -0.4 is 5.32 Å². The lowest BCUT2D eigenvalue weighted by molar-refractivity contribution is -0.145. The lowest BCUT2D eigenvalue weighted by atomic mass is 9.80. The van der Waals surface area contributed by atoms with E-state index < -0.39 is 5.97 Å². The number of nitrogens with one attached hydrogen (secondary N) is 1. The van der Waals surface area contributed by atoms with Gasteiger partial charge in [0, 0.05) is 16.5 Å². The molecule has 5 nitrogen and oxygen atoms in total. The summed E-state index contributed by atoms with van der Waals surface area (Å²) in [5.41, 5.74) is 5.11. The molecule has 3 aliphatic rings. The van der Waals surface area contributed by atoms with Crippen LogP contribution in [-0.2, 0) is 22.0 Å². The van der Waals surface area contributed by atoms with Gasteiger partial charge in [0.05, 0.1) is 11.6 Å². The van der Waals surface area contributed by atoms with E-state index in [1.807, 2.05) is 0 Å². The van der Waals surface area contributed by atoms with Crippen molar-refractivity contribution in [1.82, 2.24) is 10.3 Å². The van der Waals surface area contributed by atoms with Gasteiger partial charge in [0.2, 0.25) is 0 Å². The monoisotopic (exact) mass is 508 g/mol. The van der Waals surface area contributed by atoms with Crippen molar-refractivity contribution in [2.75, 3.05) is 0 Å². The number of hydrogen-bond acceptors (Lipinski definition) is 4. The Kier molecular flexibility index (Phi) is 6.78. The number of rotatable bonds is 7. The first-order chi connectivity index (χ1) is 17.0. The molecule has 0 bridgehead atoms. The summed E-state index contributed by atoms with van der Waals surface area (Å²) in [6, 6.07) is 6.93. The highest BCUT2D eigenvalue weighted by Crippen LogP contribution is 2.49. The van der Waals surface area contributed by atoms with Crippen LogP contribution in [0, 0.1) is 11.8 Å². The minimum Gasteiger partial charge on any atom is -0.481 e. The van der Waals surface area contributed by atoms with Crippen LogP contribution >= 0.6 is 11.3 Å². The highest BCUT2D eigenvalue weighted by Gasteiger charge is 2.40. The standard InChI is InChI=1S/C30H40N2O3S/c1-29(2,3)21-13-19(14-22(17-21)30(4)10-11-30)25-24(12-18-8-6-5-7-9-18)36-27(32-25)26(33)31-23-15-20(16-23)28(34)35/h13-14,17-18,20,23H,5-12,15-16H2,1-4H3,(H,31,33)(H,34,35)/t20-,23-. The predicted octanol–water partition coefficient (Wildman–Crippen LogP) is 6.87. The number of carbonyl (C=O) groups is 2. The Morgan fingerprint density at radius 3 is 2.42 bits per heavy atom. The molecule has 36 heavy (non-hydrogen) atoms. The number of hydrogen-bond donors (Lipinski definition) is 2. The van der Waals surface area contributed by atoms with Crippen LogP contribution in [0.1, 0.15) is 111 Å². The molecular weight excluding hydrogens is 468 g/mol. The van der Waals surface area contributed by atoms with Gasteiger partial charge in [-0.1, -0.05) is 65.9 Å². The second-order valence-electron chi connectivity index (χ2n) is 12.8. The molecule has 1 heterocycles. The van der Waals surface area contributed by atoms with Gasteiger partial charge in [0.1, 0.15) is 0 Å². The number of carboxylic acids is 1. The molecule has 0 aliphatic heterocycles. The summed E-state index contributed by atoms with van der Waals surface area (Å²) < 4.78 is 0. The van der Waals surface area contributed by atoms with Crippen LogP contribution in [0.3, 0.4) is 0 Å². The van der Waals surface area contributed by atoms with E-state index in [4.69, 9.17) is 10.1 Å². The SMILES string of the molecule is CC(C)(C)c1cc(-c2nc(C(=O)N[C@H]3C[C@H](C(=O)O)C3)sc2CC2CCCCC2)cc(C2(C)CC2)c1. The molecule has 0 saturated heterocycles. The minimum atomic E-state index is -0.773. The van der Waals surface area contributed by atoms with Crippen molar-refractivity contribution in [2.45, 2.75) is 109 Å². The Hall–Kier alpha value is -2.21. The van der Waals surface area contributed by atoms with Crippen molar-refractivity contribution in [3.05, 3.63) is 39.2 Å². The van der Waals surface area contributed by atoms with Gasteiger partial charge >= 0.3 is 5.97 Å². The van der Waals surface area contributed by atoms with Crippen LogP contribution in [0.5, 0.6) is 0 Å². The molecule has 5 rings (SSSR count). The smallest absolute Gasteiger partial charge is 0.306 e. The average molecular weight is 509 g/mol. The zero-order valence-electron chi connectivity index (χ0n) is 22.2. The van der Waals surface area contributed by atoms with E-state index in [-0.39, 0.29) is 28.7 Å². The van der Waals surface area contributed by atoms with Gasteiger partial charge in [-0.2, -0.15) is 0 Å². The molecule has 2 aromatic rings. The molecular formula is C30H40N2O3S. The van der Waals surface area contributed by atoms with Gasteiger partial charge in [0.15, 0.2) is 5.01 Å². The maximum atomic E-state index is 13.2. The predicted molar refractivity (Wildman–Crippen MR) is 145 cm³/mol. The zero-order valence-corrected chi connectivity index (χ0v) is 23.0. The minimum absolute atomic E-state index is 0.0284. The van der Waals surface area contributed by atoms with Gasteiger partial charge in [-0.05, 0) is 72.1 Å². The van der Waals surface area contributed by atoms with Crippen LogP contribution in [0.2, 0.25) is 0 Å². The molecule has 1 aromatic heterocycles. The van der Waals surface area contributed by atoms with E-state index in [0.29, 0.717) is 23.8 Å². The fourth-order valence-electron chi connectivity index (χ4n) is 5.67. The third-order valence-electron chi connectivity index (χ3n) is 8.68. The first-order valence-corrected chi connectivity index (χ1v) is 14.5. The normalized spacial score (nSPS) is 23.7. The maximum Gasteiger partial charge on any atom is 0.306 e. The number of carbonyl (C=O) groups excluding carboxylic acids is 1. The third-order valence-corrected chi connectivity index (χ3v) is 9.76. The first-order valence-electron chi connectivity index (χ1n) is 13.7. The van der Waals surface area contributed by atoms with Crippen molar-refractivity contribution in [3.8, 4) is 11.3 Å². The van der Waals surface area contributed by atoms with Crippen molar-refractivity contribution in [2.24, 2.45) is 11.8 Å². The van der Waals surface area contributed by atoms with Crippen LogP contribution in [-0.4, -0.2) is 28.0 Å². The highest BCUT2D eigenvalue weighted by atomic mass is 32.1. The number of nitrogens with zero attached hydrogens (tertiary/aromatic N) is 1. The lowest BCUT2D eigenvalue weighted by Gasteiger charge is -2.32. The van der Waals surface area contributed by atoms with Gasteiger partial charge < -0.3 is 10.4 Å². The molecule has 0 atom stereocenters. The van der Waals surface area contributed by atoms with E-state index >= 15 is 0 Å². The zero-order chi connectivity index (χ0) is 25.7. The first kappa shape index (κ1) is 25.4. The van der Waals surface area contributed by atoms with Crippen LogP contribution in [0.4, 0.5) is 0 Å². The van der Waals surface area contributed by atoms with Gasteiger partial charge in [-0.25, -0.2) is 4.98 Å². The Balaban J connectivity index is 1.48. The van der Waals surface area contributed by atoms with E-state index in [1.165, 1.54) is 60.9 Å². The van der Waals surface area contributed by atoms with Crippen molar-refractivity contribution in [1.29, 1.82) is 0 Å². The lowest BCUT2D eigenvalue weighted by Crippen LogP contribution is -2.46. The summed E-state index contributed by atoms with van der Waals surface area (Å²) in [6.07, 6.45) is 10.8. The number of amides is 1. The largest absolute Gasteiger partial charge is 0.481 e. The maximum absolute atomic E-state index is 13.2. The molecule has 1 amide bonds. The summed E-state index contributed by atoms with van der Waals surface area (Å²) in [6.45, 7) is 9.13. The van der Waals surface area contributed by atoms with Crippen LogP contribution in [0.15, 0.2) is 18.2 Å². The van der Waals surface area contributed by atoms with E-state index in [9.17, 15) is 9.59 Å². The molecule has 0 radical (unpaired) electrons. The average Bonchev–Trinajstić information content (AvgIpc) is 3.42. The van der Waals surface area contributed by atoms with E-state index in [2.05, 4.69) is 51.2 Å². The molecule has 3 fully saturated rings. The highest BCUT2D eigenvalue weighted by molar-refractivity contribution is 7.14. The number of carboxylic acid groups (broad SMARTS) is 1. The molecule has 0 spiro atoms. The second-order valence-corrected chi connectivity index (χ2v) is 13.9. The molecule has 6 heteroatoms. The Labute approximate surface area is 219 Å². The van der Waals surface area contributed by atoms with Crippen molar-refractivity contribution >= 4 is 23.2 Å². The van der Waals surface area contributed by atoms with Gasteiger partial charge in [-0.15, -0.1) is 11.3 Å². The fourth-order valence-corrected chi connectivity index (χ4v) is 6.77. The summed E-state index contributed by atoms with van der Waals surface area (Å²) in [5.74, 6) is -0.619. The molecule has 194 valence electrons. The second kappa shape index (κ2) is 9.59. The summed E-state index contributed by atoms with van der Waals surface area (Å²) in [4.78, 5) is 30.5. The van der Waals surface area contributed by atoms with E-state index in [1.54, 1.807) is 11.3 Å². The number of aliphatic carboxylic acids is 1. The number of aromatic nitrogens is 1. The summed E-state index contributed by atoms with van der Waals surface area (Å²) in [5, 5.41) is 12.7. The van der Waals surface area contributed by atoms with Gasteiger partial charge in [0.25, 0.3) is 5.91 Å². The van der Waals surface area contributed by atoms with Crippen LogP contribution in [0.25, 0.3) is 11.3 Å². The van der Waals surface area contributed by atoms with Gasteiger partial charge in [-0.3, -0.25) is 9.59 Å². The Morgan fingerprint density at radius 1 is 1.11 bits per heavy atom.